The predicted octanol–water partition coefficient (Wildman–Crippen LogP) is 1.88. The zero-order valence-electron chi connectivity index (χ0n) is 13.6. The maximum Gasteiger partial charge on any atom is 0.308 e. The summed E-state index contributed by atoms with van der Waals surface area (Å²) in [5, 5.41) is 0. The Balaban J connectivity index is 1.70. The smallest absolute Gasteiger partial charge is 0.308 e. The van der Waals surface area contributed by atoms with Crippen molar-refractivity contribution in [1.82, 2.24) is 4.90 Å². The molecule has 1 amide bonds. The van der Waals surface area contributed by atoms with Crippen LogP contribution in [-0.2, 0) is 14.3 Å². The molecule has 6 nitrogen and oxygen atoms in total. The van der Waals surface area contributed by atoms with Crippen molar-refractivity contribution >= 4 is 11.9 Å². The number of methoxy groups -OCH3 is 2. The normalized spacial score (nSPS) is 15.1. The van der Waals surface area contributed by atoms with Gasteiger partial charge in [-0.1, -0.05) is 0 Å². The van der Waals surface area contributed by atoms with Crippen molar-refractivity contribution in [2.75, 3.05) is 33.9 Å². The number of nitrogens with zero attached hydrogens (tertiary/aromatic N) is 1. The van der Waals surface area contributed by atoms with Crippen LogP contribution >= 0.6 is 0 Å². The number of hydrogen-bond acceptors (Lipinski definition) is 5. The van der Waals surface area contributed by atoms with Crippen molar-refractivity contribution in [3.63, 3.8) is 0 Å². The van der Waals surface area contributed by atoms with Crippen molar-refractivity contribution < 1.29 is 23.8 Å². The minimum atomic E-state index is -0.181. The Kier molecular flexibility index (Phi) is 6.26. The molecule has 0 aromatic heterocycles. The van der Waals surface area contributed by atoms with Gasteiger partial charge >= 0.3 is 5.97 Å². The first kappa shape index (κ1) is 17.1. The van der Waals surface area contributed by atoms with Gasteiger partial charge in [0.05, 0.1) is 33.2 Å². The van der Waals surface area contributed by atoms with E-state index in [1.54, 1.807) is 12.0 Å². The number of esters is 1. The number of benzene rings is 1. The van der Waals surface area contributed by atoms with Crippen LogP contribution < -0.4 is 9.47 Å². The van der Waals surface area contributed by atoms with E-state index >= 15 is 0 Å². The van der Waals surface area contributed by atoms with E-state index in [4.69, 9.17) is 14.2 Å². The topological polar surface area (TPSA) is 65.1 Å². The Morgan fingerprint density at radius 3 is 2.26 bits per heavy atom. The minimum Gasteiger partial charge on any atom is -0.497 e. The highest BCUT2D eigenvalue weighted by molar-refractivity contribution is 5.77. The second-order valence-corrected chi connectivity index (χ2v) is 5.45. The summed E-state index contributed by atoms with van der Waals surface area (Å²) in [5.41, 5.74) is 0. The van der Waals surface area contributed by atoms with Gasteiger partial charge in [-0.2, -0.15) is 0 Å². The lowest BCUT2D eigenvalue weighted by atomic mass is 9.97. The quantitative estimate of drug-likeness (QED) is 0.749. The fraction of sp³-hybridized carbons (Fsp3) is 0.529. The average molecular weight is 321 g/mol. The van der Waals surface area contributed by atoms with Crippen molar-refractivity contribution in [3.05, 3.63) is 24.3 Å². The minimum absolute atomic E-state index is 0.0572. The zero-order chi connectivity index (χ0) is 16.7. The molecule has 1 aromatic rings. The van der Waals surface area contributed by atoms with Gasteiger partial charge in [0.1, 0.15) is 11.5 Å². The van der Waals surface area contributed by atoms with Crippen LogP contribution in [0.15, 0.2) is 24.3 Å². The molecule has 0 N–H and O–H groups in total. The van der Waals surface area contributed by atoms with E-state index in [-0.39, 0.29) is 17.8 Å². The summed E-state index contributed by atoms with van der Waals surface area (Å²) in [7, 11) is 3.01. The zero-order valence-corrected chi connectivity index (χ0v) is 13.6. The van der Waals surface area contributed by atoms with Crippen LogP contribution in [0.3, 0.4) is 0 Å². The lowest BCUT2D eigenvalue weighted by molar-refractivity contribution is -0.149. The first-order chi connectivity index (χ1) is 11.1. The molecule has 1 fully saturated rings. The first-order valence-corrected chi connectivity index (χ1v) is 7.76. The summed E-state index contributed by atoms with van der Waals surface area (Å²) in [6, 6.07) is 7.25. The molecule has 0 radical (unpaired) electrons. The molecular formula is C17H23NO5. The van der Waals surface area contributed by atoms with Crippen LogP contribution in [0.4, 0.5) is 0 Å². The molecular weight excluding hydrogens is 298 g/mol. The number of carbonyl (C=O) groups is 2. The molecule has 1 aliphatic heterocycles. The summed E-state index contributed by atoms with van der Waals surface area (Å²) in [6.45, 7) is 1.53. The maximum absolute atomic E-state index is 12.1. The Morgan fingerprint density at radius 2 is 1.70 bits per heavy atom. The van der Waals surface area contributed by atoms with E-state index in [2.05, 4.69) is 0 Å². The van der Waals surface area contributed by atoms with Gasteiger partial charge < -0.3 is 19.1 Å². The molecule has 0 aliphatic carbocycles. The molecule has 0 atom stereocenters. The summed E-state index contributed by atoms with van der Waals surface area (Å²) < 4.78 is 15.4. The number of carbonyl (C=O) groups excluding carboxylic acids is 2. The van der Waals surface area contributed by atoms with Crippen molar-refractivity contribution in [3.8, 4) is 11.5 Å². The van der Waals surface area contributed by atoms with E-state index < -0.39 is 0 Å². The monoisotopic (exact) mass is 321 g/mol. The summed E-state index contributed by atoms with van der Waals surface area (Å²) >= 11 is 0. The highest BCUT2D eigenvalue weighted by Gasteiger charge is 2.27. The number of piperidine rings is 1. The third kappa shape index (κ3) is 4.87. The van der Waals surface area contributed by atoms with E-state index in [1.807, 2.05) is 24.3 Å². The van der Waals surface area contributed by atoms with Crippen LogP contribution in [0.2, 0.25) is 0 Å². The molecule has 1 heterocycles. The molecule has 0 saturated carbocycles. The van der Waals surface area contributed by atoms with Gasteiger partial charge in [-0.05, 0) is 37.1 Å². The highest BCUT2D eigenvalue weighted by atomic mass is 16.5. The van der Waals surface area contributed by atoms with Gasteiger partial charge in [-0.25, -0.2) is 0 Å². The van der Waals surface area contributed by atoms with Gasteiger partial charge in [0.25, 0.3) is 0 Å². The highest BCUT2D eigenvalue weighted by Crippen LogP contribution is 2.20. The standard InChI is InChI=1S/C17H23NO5/c1-21-14-3-5-15(6-4-14)23-12-9-16(19)18-10-7-13(8-11-18)17(20)22-2/h3-6,13H,7-12H2,1-2H3. The van der Waals surface area contributed by atoms with E-state index in [0.717, 1.165) is 5.75 Å². The summed E-state index contributed by atoms with van der Waals surface area (Å²) in [6.07, 6.45) is 1.66. The number of rotatable bonds is 6. The Bertz CT molecular complexity index is 520. The number of hydrogen-bond donors (Lipinski definition) is 0. The van der Waals surface area contributed by atoms with Gasteiger partial charge in [0.2, 0.25) is 5.91 Å². The lowest BCUT2D eigenvalue weighted by Gasteiger charge is -2.30. The summed E-state index contributed by atoms with van der Waals surface area (Å²) in [4.78, 5) is 25.4. The van der Waals surface area contributed by atoms with E-state index in [0.29, 0.717) is 44.7 Å². The molecule has 1 aliphatic rings. The Morgan fingerprint density at radius 1 is 1.09 bits per heavy atom. The number of amides is 1. The summed E-state index contributed by atoms with van der Waals surface area (Å²) in [5.74, 6) is 1.27. The van der Waals surface area contributed by atoms with Gasteiger partial charge in [0.15, 0.2) is 0 Å². The fourth-order valence-electron chi connectivity index (χ4n) is 2.62. The Labute approximate surface area is 136 Å². The van der Waals surface area contributed by atoms with Crippen molar-refractivity contribution in [2.45, 2.75) is 19.3 Å². The van der Waals surface area contributed by atoms with Crippen molar-refractivity contribution in [2.24, 2.45) is 5.92 Å². The second-order valence-electron chi connectivity index (χ2n) is 5.45. The number of ether oxygens (including phenoxy) is 3. The van der Waals surface area contributed by atoms with Crippen LogP contribution in [0.25, 0.3) is 0 Å². The fourth-order valence-corrected chi connectivity index (χ4v) is 2.62. The first-order valence-electron chi connectivity index (χ1n) is 7.76. The molecule has 1 saturated heterocycles. The predicted molar refractivity (Wildman–Crippen MR) is 84.4 cm³/mol. The van der Waals surface area contributed by atoms with E-state index in [9.17, 15) is 9.59 Å². The second kappa shape index (κ2) is 8.41. The van der Waals surface area contributed by atoms with Crippen LogP contribution in [0, 0.1) is 5.92 Å². The van der Waals surface area contributed by atoms with Gasteiger partial charge in [-0.15, -0.1) is 0 Å². The largest absolute Gasteiger partial charge is 0.497 e. The third-order valence-electron chi connectivity index (χ3n) is 4.03. The maximum atomic E-state index is 12.1. The molecule has 1 aromatic carbocycles. The third-order valence-corrected chi connectivity index (χ3v) is 4.03. The van der Waals surface area contributed by atoms with Crippen LogP contribution in [0.5, 0.6) is 11.5 Å². The molecule has 0 bridgehead atoms. The van der Waals surface area contributed by atoms with Gasteiger partial charge in [-0.3, -0.25) is 9.59 Å². The molecule has 2 rings (SSSR count). The van der Waals surface area contributed by atoms with Crippen LogP contribution in [0.1, 0.15) is 19.3 Å². The number of likely N-dealkylation sites (tertiary alicyclic amines) is 1. The molecule has 0 spiro atoms. The van der Waals surface area contributed by atoms with E-state index in [1.165, 1.54) is 7.11 Å². The van der Waals surface area contributed by atoms with Crippen molar-refractivity contribution in [1.29, 1.82) is 0 Å². The SMILES string of the molecule is COC(=O)C1CCN(C(=O)CCOc2ccc(OC)cc2)CC1. The molecule has 6 heteroatoms. The average Bonchev–Trinajstić information content (AvgIpc) is 2.61. The van der Waals surface area contributed by atoms with Gasteiger partial charge in [0, 0.05) is 13.1 Å². The lowest BCUT2D eigenvalue weighted by Crippen LogP contribution is -2.40. The van der Waals surface area contributed by atoms with Crippen LogP contribution in [-0.4, -0.2) is 50.7 Å². The molecule has 23 heavy (non-hydrogen) atoms. The molecule has 126 valence electrons. The molecule has 0 unspecified atom stereocenters. The Hall–Kier alpha value is -2.24.